The second-order valence-electron chi connectivity index (χ2n) is 7.56. The molecule has 5 nitrogen and oxygen atoms in total. The first kappa shape index (κ1) is 18.1. The Labute approximate surface area is 157 Å². The molecule has 2 atom stereocenters. The van der Waals surface area contributed by atoms with E-state index in [1.807, 2.05) is 11.8 Å². The normalized spacial score (nSPS) is 20.6. The fourth-order valence-electron chi connectivity index (χ4n) is 4.33. The van der Waals surface area contributed by atoms with Crippen LogP contribution in [-0.2, 0) is 12.8 Å². The number of benzene rings is 1. The van der Waals surface area contributed by atoms with Gasteiger partial charge in [-0.25, -0.2) is 13.5 Å². The summed E-state index contributed by atoms with van der Waals surface area (Å²) in [6, 6.07) is 3.61. The minimum Gasteiger partial charge on any atom is -0.333 e. The number of nitrogens with two attached hydrogens (primary N) is 1. The second-order valence-corrected chi connectivity index (χ2v) is 7.56. The Morgan fingerprint density at radius 1 is 1.22 bits per heavy atom. The number of rotatable bonds is 3. The lowest BCUT2D eigenvalue weighted by Gasteiger charge is -2.37. The lowest BCUT2D eigenvalue weighted by atomic mass is 9.96. The van der Waals surface area contributed by atoms with Crippen LogP contribution in [0, 0.1) is 11.6 Å². The fraction of sp³-hybridized carbons (Fsp3) is 0.500. The third-order valence-corrected chi connectivity index (χ3v) is 5.70. The van der Waals surface area contributed by atoms with Crippen LogP contribution in [0.1, 0.15) is 54.4 Å². The predicted octanol–water partition coefficient (Wildman–Crippen LogP) is 2.98. The van der Waals surface area contributed by atoms with E-state index in [4.69, 9.17) is 5.73 Å². The SMILES string of the molecule is CC(N)C1CCCCN1C(=O)c1nn(-c2ccc(F)c(F)c2)c2c1CCC2. The molecule has 0 saturated carbocycles. The number of nitrogens with zero attached hydrogens (tertiary/aromatic N) is 3. The second kappa shape index (κ2) is 7.03. The molecule has 2 N–H and O–H groups in total. The molecule has 0 bridgehead atoms. The summed E-state index contributed by atoms with van der Waals surface area (Å²) in [5.41, 5.74) is 8.83. The van der Waals surface area contributed by atoms with Gasteiger partial charge < -0.3 is 10.6 Å². The zero-order valence-electron chi connectivity index (χ0n) is 15.4. The van der Waals surface area contributed by atoms with E-state index in [-0.39, 0.29) is 18.0 Å². The van der Waals surface area contributed by atoms with E-state index in [2.05, 4.69) is 5.10 Å². The first-order valence-electron chi connectivity index (χ1n) is 9.60. The highest BCUT2D eigenvalue weighted by Crippen LogP contribution is 2.30. The van der Waals surface area contributed by atoms with E-state index in [9.17, 15) is 13.6 Å². The van der Waals surface area contributed by atoms with Crippen molar-refractivity contribution in [3.63, 3.8) is 0 Å². The summed E-state index contributed by atoms with van der Waals surface area (Å²) in [5.74, 6) is -1.92. The van der Waals surface area contributed by atoms with Crippen LogP contribution < -0.4 is 5.73 Å². The van der Waals surface area contributed by atoms with Gasteiger partial charge in [-0.05, 0) is 57.6 Å². The molecular formula is C20H24F2N4O. The largest absolute Gasteiger partial charge is 0.333 e. The first-order chi connectivity index (χ1) is 13.0. The number of amides is 1. The molecule has 2 unspecified atom stereocenters. The molecule has 0 radical (unpaired) electrons. The Morgan fingerprint density at radius 2 is 2.04 bits per heavy atom. The molecule has 2 heterocycles. The Morgan fingerprint density at radius 3 is 2.78 bits per heavy atom. The van der Waals surface area contributed by atoms with E-state index in [0.29, 0.717) is 17.9 Å². The minimum atomic E-state index is -0.921. The third-order valence-electron chi connectivity index (χ3n) is 5.70. The Balaban J connectivity index is 1.73. The van der Waals surface area contributed by atoms with Crippen LogP contribution in [0.3, 0.4) is 0 Å². The van der Waals surface area contributed by atoms with Gasteiger partial charge in [0.2, 0.25) is 0 Å². The quantitative estimate of drug-likeness (QED) is 0.898. The number of likely N-dealkylation sites (tertiary alicyclic amines) is 1. The molecule has 1 amide bonds. The van der Waals surface area contributed by atoms with Gasteiger partial charge in [0.15, 0.2) is 17.3 Å². The molecule has 4 rings (SSSR count). The van der Waals surface area contributed by atoms with Crippen molar-refractivity contribution in [1.29, 1.82) is 0 Å². The maximum Gasteiger partial charge on any atom is 0.274 e. The topological polar surface area (TPSA) is 64.2 Å². The molecule has 1 fully saturated rings. The van der Waals surface area contributed by atoms with Gasteiger partial charge in [-0.1, -0.05) is 0 Å². The van der Waals surface area contributed by atoms with Crippen LogP contribution >= 0.6 is 0 Å². The third kappa shape index (κ3) is 3.14. The van der Waals surface area contributed by atoms with Crippen molar-refractivity contribution in [2.45, 2.75) is 57.5 Å². The predicted molar refractivity (Wildman–Crippen MR) is 97.8 cm³/mol. The fourth-order valence-corrected chi connectivity index (χ4v) is 4.33. The molecule has 1 aliphatic carbocycles. The maximum absolute atomic E-state index is 13.7. The van der Waals surface area contributed by atoms with Gasteiger partial charge >= 0.3 is 0 Å². The summed E-state index contributed by atoms with van der Waals surface area (Å²) in [4.78, 5) is 15.2. The number of hydrogen-bond acceptors (Lipinski definition) is 3. The molecule has 144 valence electrons. The molecule has 1 saturated heterocycles. The molecular weight excluding hydrogens is 350 g/mol. The van der Waals surface area contributed by atoms with Crippen molar-refractivity contribution in [3.8, 4) is 5.69 Å². The highest BCUT2D eigenvalue weighted by Gasteiger charge is 2.35. The summed E-state index contributed by atoms with van der Waals surface area (Å²) in [7, 11) is 0. The van der Waals surface area contributed by atoms with Crippen molar-refractivity contribution < 1.29 is 13.6 Å². The molecule has 0 spiro atoms. The zero-order valence-corrected chi connectivity index (χ0v) is 15.4. The first-order valence-corrected chi connectivity index (χ1v) is 9.60. The van der Waals surface area contributed by atoms with Gasteiger partial charge in [0.1, 0.15) is 0 Å². The van der Waals surface area contributed by atoms with Crippen molar-refractivity contribution in [1.82, 2.24) is 14.7 Å². The van der Waals surface area contributed by atoms with Crippen LogP contribution in [0.5, 0.6) is 0 Å². The number of hydrogen-bond donors (Lipinski definition) is 1. The summed E-state index contributed by atoms with van der Waals surface area (Å²) in [6.45, 7) is 2.61. The van der Waals surface area contributed by atoms with Gasteiger partial charge in [0.05, 0.1) is 5.69 Å². The Kier molecular flexibility index (Phi) is 4.72. The number of halogens is 2. The summed E-state index contributed by atoms with van der Waals surface area (Å²) in [5, 5.41) is 4.54. The Hall–Kier alpha value is -2.28. The van der Waals surface area contributed by atoms with Crippen LogP contribution in [0.15, 0.2) is 18.2 Å². The van der Waals surface area contributed by atoms with Crippen LogP contribution in [-0.4, -0.2) is 39.2 Å². The smallest absolute Gasteiger partial charge is 0.274 e. The average molecular weight is 374 g/mol. The van der Waals surface area contributed by atoms with Crippen molar-refractivity contribution >= 4 is 5.91 Å². The molecule has 7 heteroatoms. The van der Waals surface area contributed by atoms with Gasteiger partial charge in [0, 0.05) is 36.0 Å². The van der Waals surface area contributed by atoms with Crippen LogP contribution in [0.25, 0.3) is 5.69 Å². The van der Waals surface area contributed by atoms with E-state index < -0.39 is 11.6 Å². The van der Waals surface area contributed by atoms with Crippen LogP contribution in [0.4, 0.5) is 8.78 Å². The summed E-state index contributed by atoms with van der Waals surface area (Å²) >= 11 is 0. The number of carbonyl (C=O) groups excluding carboxylic acids is 1. The number of piperidine rings is 1. The molecule has 2 aliphatic rings. The van der Waals surface area contributed by atoms with Gasteiger partial charge in [0.25, 0.3) is 5.91 Å². The monoisotopic (exact) mass is 374 g/mol. The molecule has 1 aliphatic heterocycles. The van der Waals surface area contributed by atoms with Gasteiger partial charge in [-0.3, -0.25) is 4.79 Å². The molecule has 1 aromatic carbocycles. The van der Waals surface area contributed by atoms with E-state index in [1.54, 1.807) is 4.68 Å². The summed E-state index contributed by atoms with van der Waals surface area (Å²) in [6.07, 6.45) is 5.39. The van der Waals surface area contributed by atoms with Crippen molar-refractivity contribution in [3.05, 3.63) is 46.8 Å². The number of fused-ring (bicyclic) bond motifs is 1. The van der Waals surface area contributed by atoms with Gasteiger partial charge in [-0.15, -0.1) is 0 Å². The van der Waals surface area contributed by atoms with Gasteiger partial charge in [-0.2, -0.15) is 5.10 Å². The average Bonchev–Trinajstić information content (AvgIpc) is 3.26. The molecule has 2 aromatic rings. The van der Waals surface area contributed by atoms with Crippen molar-refractivity contribution in [2.75, 3.05) is 6.54 Å². The highest BCUT2D eigenvalue weighted by atomic mass is 19.2. The van der Waals surface area contributed by atoms with E-state index in [1.165, 1.54) is 6.07 Å². The molecule has 1 aromatic heterocycles. The van der Waals surface area contributed by atoms with E-state index >= 15 is 0 Å². The number of aromatic nitrogens is 2. The minimum absolute atomic E-state index is 0.0109. The highest BCUT2D eigenvalue weighted by molar-refractivity contribution is 5.94. The standard InChI is InChI=1S/C20H24F2N4O/c1-12(23)17-6-2-3-10-25(17)20(27)19-14-5-4-7-18(14)26(24-19)13-8-9-15(21)16(22)11-13/h8-9,11-12,17H,2-7,10,23H2,1H3. The van der Waals surface area contributed by atoms with Crippen molar-refractivity contribution in [2.24, 2.45) is 5.73 Å². The lowest BCUT2D eigenvalue weighted by Crippen LogP contribution is -2.51. The molecule has 27 heavy (non-hydrogen) atoms. The zero-order chi connectivity index (χ0) is 19.1. The van der Waals surface area contributed by atoms with Crippen LogP contribution in [0.2, 0.25) is 0 Å². The number of carbonyl (C=O) groups is 1. The Bertz CT molecular complexity index is 877. The summed E-state index contributed by atoms with van der Waals surface area (Å²) < 4.78 is 28.6. The maximum atomic E-state index is 13.7. The van der Waals surface area contributed by atoms with E-state index in [0.717, 1.165) is 61.9 Å². The lowest BCUT2D eigenvalue weighted by molar-refractivity contribution is 0.0576.